The number of aromatic nitrogens is 2. The average Bonchev–Trinajstić information content (AvgIpc) is 3.17. The minimum absolute atomic E-state index is 0.0994. The van der Waals surface area contributed by atoms with Gasteiger partial charge in [-0.3, -0.25) is 9.48 Å². The molecule has 0 radical (unpaired) electrons. The third kappa shape index (κ3) is 5.06. The number of hydrogen-bond donors (Lipinski definition) is 1. The number of nitrogens with zero attached hydrogens (tertiary/aromatic N) is 2. The summed E-state index contributed by atoms with van der Waals surface area (Å²) in [6.07, 6.45) is -11.2. The molecule has 2 atom stereocenters. The second kappa shape index (κ2) is 8.87. The van der Waals surface area contributed by atoms with Gasteiger partial charge in [0, 0.05) is 13.7 Å². The number of rotatable bonds is 5. The van der Waals surface area contributed by atoms with Crippen LogP contribution in [0.4, 0.5) is 26.3 Å². The lowest BCUT2D eigenvalue weighted by molar-refractivity contribution is -0.141. The van der Waals surface area contributed by atoms with Gasteiger partial charge in [-0.05, 0) is 44.0 Å². The second-order valence-corrected chi connectivity index (χ2v) is 10.5. The van der Waals surface area contributed by atoms with Crippen molar-refractivity contribution in [1.82, 2.24) is 15.1 Å². The molecule has 0 aliphatic carbocycles. The van der Waals surface area contributed by atoms with Crippen molar-refractivity contribution in [3.8, 4) is 0 Å². The summed E-state index contributed by atoms with van der Waals surface area (Å²) < 4.78 is 110. The maximum atomic E-state index is 13.3. The smallest absolute Gasteiger partial charge is 0.372 e. The van der Waals surface area contributed by atoms with Gasteiger partial charge in [0.1, 0.15) is 12.6 Å². The number of benzene rings is 1. The largest absolute Gasteiger partial charge is 0.435 e. The van der Waals surface area contributed by atoms with Crippen molar-refractivity contribution in [3.63, 3.8) is 0 Å². The number of ether oxygens (including phenoxy) is 1. The van der Waals surface area contributed by atoms with E-state index in [2.05, 4.69) is 10.4 Å². The van der Waals surface area contributed by atoms with Crippen LogP contribution in [0.5, 0.6) is 0 Å². The maximum absolute atomic E-state index is 13.3. The normalized spacial score (nSPS) is 21.9. The van der Waals surface area contributed by atoms with Gasteiger partial charge < -0.3 is 10.1 Å². The summed E-state index contributed by atoms with van der Waals surface area (Å²) >= 11 is 0. The fourth-order valence-electron chi connectivity index (χ4n) is 3.70. The van der Waals surface area contributed by atoms with Crippen LogP contribution in [0.3, 0.4) is 0 Å². The van der Waals surface area contributed by atoms with Gasteiger partial charge in [0.15, 0.2) is 15.5 Å². The third-order valence-electron chi connectivity index (χ3n) is 5.69. The van der Waals surface area contributed by atoms with Gasteiger partial charge >= 0.3 is 12.4 Å². The summed E-state index contributed by atoms with van der Waals surface area (Å²) in [5.41, 5.74) is -2.59. The topological polar surface area (TPSA) is 90.3 Å². The summed E-state index contributed by atoms with van der Waals surface area (Å²) in [4.78, 5) is 11.2. The summed E-state index contributed by atoms with van der Waals surface area (Å²) in [5, 5.41) is 5.69. The Hall–Kier alpha value is -2.61. The molecule has 188 valence electrons. The molecule has 2 unspecified atom stereocenters. The van der Waals surface area contributed by atoms with Gasteiger partial charge in [-0.25, -0.2) is 8.42 Å². The molecule has 7 nitrogen and oxygen atoms in total. The number of nitrogens with one attached hydrogen (secondary N) is 1. The number of carbonyl (C=O) groups is 1. The Labute approximate surface area is 191 Å². The molecular weight excluding hydrogens is 492 g/mol. The molecule has 1 amide bonds. The zero-order valence-corrected chi connectivity index (χ0v) is 18.8. The zero-order chi connectivity index (χ0) is 25.5. The molecule has 0 saturated carbocycles. The van der Waals surface area contributed by atoms with Gasteiger partial charge in [0.25, 0.3) is 0 Å². The lowest BCUT2D eigenvalue weighted by Gasteiger charge is -2.37. The highest BCUT2D eigenvalue weighted by Gasteiger charge is 2.47. The van der Waals surface area contributed by atoms with Gasteiger partial charge in [0.2, 0.25) is 5.91 Å². The summed E-state index contributed by atoms with van der Waals surface area (Å²) in [6.45, 7) is 0.549. The van der Waals surface area contributed by atoms with Crippen molar-refractivity contribution < 1.29 is 44.3 Å². The van der Waals surface area contributed by atoms with Crippen LogP contribution in [0.15, 0.2) is 35.2 Å². The van der Waals surface area contributed by atoms with Crippen LogP contribution >= 0.6 is 0 Å². The molecule has 1 aromatic heterocycles. The van der Waals surface area contributed by atoms with Crippen molar-refractivity contribution in [1.29, 1.82) is 0 Å². The van der Waals surface area contributed by atoms with Crippen LogP contribution in [0.25, 0.3) is 0 Å². The molecule has 2 heterocycles. The summed E-state index contributed by atoms with van der Waals surface area (Å²) in [5.74, 6) is -0.645. The van der Waals surface area contributed by atoms with Gasteiger partial charge in [0.05, 0.1) is 20.9 Å². The molecule has 1 N–H and O–H groups in total. The average molecular weight is 513 g/mol. The van der Waals surface area contributed by atoms with E-state index >= 15 is 0 Å². The number of carbonyl (C=O) groups excluding carboxylic acids is 1. The van der Waals surface area contributed by atoms with E-state index < -0.39 is 61.6 Å². The monoisotopic (exact) mass is 513 g/mol. The molecule has 2 aromatic rings. The summed E-state index contributed by atoms with van der Waals surface area (Å²) in [7, 11) is -3.07. The summed E-state index contributed by atoms with van der Waals surface area (Å²) in [6, 6.07) is 3.96. The SMILES string of the molecule is CNC(=O)Cn1nc(C(F)(F)F)cc1C1CC(C)(S(=O)(=O)c2cccc(C(F)(F)F)c2)CCO1. The fraction of sp³-hybridized carbons (Fsp3) is 0.500. The number of likely N-dealkylation sites (N-methyl/N-ethyl adjacent to an activating group) is 1. The highest BCUT2D eigenvalue weighted by molar-refractivity contribution is 7.92. The Morgan fingerprint density at radius 3 is 2.47 bits per heavy atom. The van der Waals surface area contributed by atoms with Gasteiger partial charge in [-0.15, -0.1) is 0 Å². The van der Waals surface area contributed by atoms with E-state index in [1.54, 1.807) is 0 Å². The van der Waals surface area contributed by atoms with Crippen molar-refractivity contribution in [3.05, 3.63) is 47.3 Å². The van der Waals surface area contributed by atoms with E-state index in [9.17, 15) is 39.6 Å². The lowest BCUT2D eigenvalue weighted by Crippen LogP contribution is -2.42. The van der Waals surface area contributed by atoms with Crippen LogP contribution in [-0.4, -0.2) is 42.5 Å². The van der Waals surface area contributed by atoms with Gasteiger partial charge in [-0.1, -0.05) is 6.07 Å². The number of amides is 1. The van der Waals surface area contributed by atoms with Crippen molar-refractivity contribution in [2.45, 2.75) is 54.4 Å². The number of hydrogen-bond acceptors (Lipinski definition) is 5. The molecule has 1 aliphatic heterocycles. The van der Waals surface area contributed by atoms with E-state index in [4.69, 9.17) is 4.74 Å². The Kier molecular flexibility index (Phi) is 6.79. The van der Waals surface area contributed by atoms with E-state index in [0.717, 1.165) is 22.9 Å². The van der Waals surface area contributed by atoms with Crippen molar-refractivity contribution in [2.24, 2.45) is 0 Å². The third-order valence-corrected chi connectivity index (χ3v) is 8.23. The lowest BCUT2D eigenvalue weighted by atomic mass is 9.94. The Balaban J connectivity index is 2.00. The minimum Gasteiger partial charge on any atom is -0.372 e. The Bertz CT molecular complexity index is 1180. The van der Waals surface area contributed by atoms with Crippen LogP contribution < -0.4 is 5.32 Å². The van der Waals surface area contributed by atoms with Gasteiger partial charge in [-0.2, -0.15) is 31.4 Å². The molecular formula is C20H21F6N3O4S. The molecule has 1 fully saturated rings. The molecule has 1 aromatic carbocycles. The molecule has 0 spiro atoms. The molecule has 3 rings (SSSR count). The highest BCUT2D eigenvalue weighted by atomic mass is 32.2. The predicted octanol–water partition coefficient (Wildman–Crippen LogP) is 3.75. The number of halogens is 6. The Morgan fingerprint density at radius 2 is 1.88 bits per heavy atom. The first-order valence-electron chi connectivity index (χ1n) is 9.97. The molecule has 1 aliphatic rings. The van der Waals surface area contributed by atoms with E-state index in [0.29, 0.717) is 12.1 Å². The minimum atomic E-state index is -4.83. The first kappa shape index (κ1) is 26.0. The quantitative estimate of drug-likeness (QED) is 0.616. The molecule has 34 heavy (non-hydrogen) atoms. The predicted molar refractivity (Wildman–Crippen MR) is 106 cm³/mol. The standard InChI is InChI=1S/C20H21F6N3O4S/c1-18(34(31,32)13-5-3-4-12(8-13)19(21,22)23)6-7-33-15(10-18)14-9-16(20(24,25)26)28-29(14)11-17(30)27-2/h3-5,8-9,15H,6-7,10-11H2,1-2H3,(H,27,30). The first-order valence-corrected chi connectivity index (χ1v) is 11.5. The molecule has 1 saturated heterocycles. The van der Waals surface area contributed by atoms with Crippen LogP contribution in [0, 0.1) is 0 Å². The van der Waals surface area contributed by atoms with E-state index in [1.807, 2.05) is 0 Å². The second-order valence-electron chi connectivity index (χ2n) is 8.08. The number of sulfone groups is 1. The van der Waals surface area contributed by atoms with Crippen LogP contribution in [0.2, 0.25) is 0 Å². The van der Waals surface area contributed by atoms with E-state index in [-0.39, 0.29) is 25.1 Å². The first-order chi connectivity index (χ1) is 15.6. The van der Waals surface area contributed by atoms with Crippen LogP contribution in [-0.2, 0) is 38.3 Å². The maximum Gasteiger partial charge on any atom is 0.435 e. The number of alkyl halides is 6. The van der Waals surface area contributed by atoms with Crippen molar-refractivity contribution >= 4 is 15.7 Å². The van der Waals surface area contributed by atoms with E-state index in [1.165, 1.54) is 14.0 Å². The molecule has 14 heteroatoms. The highest BCUT2D eigenvalue weighted by Crippen LogP contribution is 2.43. The van der Waals surface area contributed by atoms with Crippen LogP contribution in [0.1, 0.15) is 42.8 Å². The zero-order valence-electron chi connectivity index (χ0n) is 18.0. The van der Waals surface area contributed by atoms with Crippen molar-refractivity contribution in [2.75, 3.05) is 13.7 Å². The molecule has 0 bridgehead atoms. The Morgan fingerprint density at radius 1 is 1.21 bits per heavy atom. The fourth-order valence-corrected chi connectivity index (χ4v) is 5.53.